The Kier molecular flexibility index (Phi) is 10.5. The smallest absolute Gasteiger partial charge is 0.338 e. The molecule has 2 aromatic heterocycles. The topological polar surface area (TPSA) is 203 Å². The molecule has 4 aromatic carbocycles. The summed E-state index contributed by atoms with van der Waals surface area (Å²) >= 11 is 3.43. The number of fused-ring (bicyclic) bond motifs is 1. The van der Waals surface area contributed by atoms with Crippen LogP contribution in [-0.2, 0) is 23.7 Å². The molecular formula is C41H28BrN5O9. The number of nitriles is 1. The minimum absolute atomic E-state index is 0.0000104. The lowest BCUT2D eigenvalue weighted by Crippen LogP contribution is -2.58. The quantitative estimate of drug-likeness (QED) is 0.0726. The summed E-state index contributed by atoms with van der Waals surface area (Å²) in [7, 11) is 0. The van der Waals surface area contributed by atoms with E-state index in [1.54, 1.807) is 60.7 Å². The van der Waals surface area contributed by atoms with Crippen LogP contribution in [0.2, 0.25) is 0 Å². The number of nitrogens with zero attached hydrogens (tertiary/aromatic N) is 4. The molecule has 56 heavy (non-hydrogen) atoms. The average molecular weight is 815 g/mol. The van der Waals surface area contributed by atoms with Crippen LogP contribution in [0.25, 0.3) is 11.0 Å². The normalized spacial score (nSPS) is 18.8. The van der Waals surface area contributed by atoms with Gasteiger partial charge in [0.05, 0.1) is 27.6 Å². The van der Waals surface area contributed by atoms with Gasteiger partial charge >= 0.3 is 17.9 Å². The summed E-state index contributed by atoms with van der Waals surface area (Å²) < 4.78 is 25.9. The van der Waals surface area contributed by atoms with E-state index in [2.05, 4.69) is 25.9 Å². The Bertz CT molecular complexity index is 2510. The van der Waals surface area contributed by atoms with Crippen LogP contribution < -0.4 is 5.73 Å². The second-order valence-corrected chi connectivity index (χ2v) is 13.1. The van der Waals surface area contributed by atoms with Crippen molar-refractivity contribution in [3.8, 4) is 6.07 Å². The molecule has 1 aliphatic heterocycles. The number of ether oxygens (including phenoxy) is 4. The summed E-state index contributed by atoms with van der Waals surface area (Å²) in [6.07, 6.45) is -4.39. The number of carbonyl (C=O) groups is 5. The number of nitrogen functional groups attached to an aromatic ring is 1. The predicted octanol–water partition coefficient (Wildman–Crippen LogP) is 5.68. The van der Waals surface area contributed by atoms with Gasteiger partial charge in [-0.2, -0.15) is 5.26 Å². The molecule has 15 heteroatoms. The van der Waals surface area contributed by atoms with Crippen molar-refractivity contribution < 1.29 is 42.9 Å². The van der Waals surface area contributed by atoms with Gasteiger partial charge in [-0.3, -0.25) is 14.2 Å². The molecule has 0 spiro atoms. The molecule has 0 aliphatic carbocycles. The van der Waals surface area contributed by atoms with Crippen molar-refractivity contribution in [2.75, 3.05) is 12.3 Å². The average Bonchev–Trinajstić information content (AvgIpc) is 3.70. The molecule has 14 nitrogen and oxygen atoms in total. The number of rotatable bonds is 11. The molecule has 4 atom stereocenters. The Labute approximate surface area is 326 Å². The second kappa shape index (κ2) is 15.8. The highest BCUT2D eigenvalue weighted by Crippen LogP contribution is 2.47. The largest absolute Gasteiger partial charge is 0.458 e. The summed E-state index contributed by atoms with van der Waals surface area (Å²) in [5.74, 6) is -5.35. The van der Waals surface area contributed by atoms with E-state index < -0.39 is 60.1 Å². The van der Waals surface area contributed by atoms with Gasteiger partial charge in [0.2, 0.25) is 17.2 Å². The monoisotopic (exact) mass is 813 g/mol. The van der Waals surface area contributed by atoms with Crippen molar-refractivity contribution in [2.24, 2.45) is 0 Å². The van der Waals surface area contributed by atoms with Gasteiger partial charge in [0.25, 0.3) is 0 Å². The highest BCUT2D eigenvalue weighted by atomic mass is 79.9. The number of benzene rings is 4. The van der Waals surface area contributed by atoms with Gasteiger partial charge in [0.1, 0.15) is 35.1 Å². The van der Waals surface area contributed by atoms with E-state index in [-0.39, 0.29) is 49.3 Å². The molecule has 1 aliphatic rings. The summed E-state index contributed by atoms with van der Waals surface area (Å²) in [4.78, 5) is 79.0. The van der Waals surface area contributed by atoms with Gasteiger partial charge in [0, 0.05) is 5.56 Å². The highest BCUT2D eigenvalue weighted by Gasteiger charge is 2.66. The van der Waals surface area contributed by atoms with E-state index in [1.807, 2.05) is 6.07 Å². The molecule has 6 aromatic rings. The number of ketones is 2. The lowest BCUT2D eigenvalue weighted by Gasteiger charge is -2.32. The zero-order chi connectivity index (χ0) is 39.4. The van der Waals surface area contributed by atoms with Crippen LogP contribution in [0.15, 0.2) is 132 Å². The lowest BCUT2D eigenvalue weighted by molar-refractivity contribution is -0.160. The predicted molar refractivity (Wildman–Crippen MR) is 201 cm³/mol. The molecule has 1 fully saturated rings. The van der Waals surface area contributed by atoms with E-state index in [4.69, 9.17) is 24.7 Å². The number of Topliss-reactive ketones (excluding diaryl/α,β-unsaturated/α-hetero) is 2. The van der Waals surface area contributed by atoms with Gasteiger partial charge in [-0.05, 0) is 52.3 Å². The Balaban J connectivity index is 1.47. The Morgan fingerprint density at radius 2 is 1.25 bits per heavy atom. The number of anilines is 1. The third-order valence-corrected chi connectivity index (χ3v) is 9.82. The van der Waals surface area contributed by atoms with E-state index in [0.29, 0.717) is 0 Å². The first-order chi connectivity index (χ1) is 27.1. The van der Waals surface area contributed by atoms with Crippen LogP contribution in [0.4, 0.5) is 5.82 Å². The zero-order valence-electron chi connectivity index (χ0n) is 29.0. The molecular weight excluding hydrogens is 786 g/mol. The number of hydrogen-bond donors (Lipinski definition) is 1. The molecule has 0 radical (unpaired) electrons. The highest BCUT2D eigenvalue weighted by molar-refractivity contribution is 9.10. The number of aromatic nitrogens is 3. The summed E-state index contributed by atoms with van der Waals surface area (Å²) in [6.45, 7) is -1.01. The number of nitrogens with two attached hydrogens (primary N) is 1. The van der Waals surface area contributed by atoms with Crippen molar-refractivity contribution >= 4 is 62.3 Å². The fraction of sp³-hybridized carbons (Fsp3) is 0.122. The summed E-state index contributed by atoms with van der Waals surface area (Å²) in [5.41, 5.74) is 3.58. The van der Waals surface area contributed by atoms with Gasteiger partial charge in [-0.1, -0.05) is 84.9 Å². The third kappa shape index (κ3) is 6.90. The summed E-state index contributed by atoms with van der Waals surface area (Å²) in [6, 6.07) is 32.9. The first-order valence-corrected chi connectivity index (χ1v) is 17.7. The first-order valence-electron chi connectivity index (χ1n) is 16.9. The molecule has 0 amide bonds. The van der Waals surface area contributed by atoms with Crippen molar-refractivity contribution in [1.82, 2.24) is 14.5 Å². The molecule has 3 heterocycles. The maximum atomic E-state index is 15.0. The number of halogens is 1. The Morgan fingerprint density at radius 3 is 1.79 bits per heavy atom. The zero-order valence-corrected chi connectivity index (χ0v) is 30.6. The number of carbonyl (C=O) groups excluding carboxylic acids is 5. The number of esters is 3. The Morgan fingerprint density at radius 1 is 0.750 bits per heavy atom. The standard InChI is InChI=1S/C41H28BrN5O9/c42-34-28(21-43)29-35(44)45-23-46-36(29)47(34)37-31(54-39(51)26-17-9-3-10-18-26)33(55-40(52)27-19-11-4-12-20-27)41(56-37,22-53-38(50)25-15-7-2-8-16-25)32(49)30(48)24-13-5-1-6-14-24/h1-20,23,31,33,37H,22H2,(H2,44,45,46)/t31-,33+,37?,41+/m1/s1. The van der Waals surface area contributed by atoms with Crippen LogP contribution in [-0.4, -0.2) is 68.4 Å². The molecule has 7 rings (SSSR count). The van der Waals surface area contributed by atoms with Crippen molar-refractivity contribution in [3.63, 3.8) is 0 Å². The van der Waals surface area contributed by atoms with Gasteiger partial charge in [-0.15, -0.1) is 0 Å². The number of hydrogen-bond acceptors (Lipinski definition) is 13. The van der Waals surface area contributed by atoms with Crippen molar-refractivity contribution in [2.45, 2.75) is 24.0 Å². The van der Waals surface area contributed by atoms with Gasteiger partial charge in [-0.25, -0.2) is 24.4 Å². The van der Waals surface area contributed by atoms with Crippen LogP contribution in [0, 0.1) is 11.3 Å². The van der Waals surface area contributed by atoms with Crippen LogP contribution in [0.5, 0.6) is 0 Å². The fourth-order valence-electron chi connectivity index (χ4n) is 6.34. The van der Waals surface area contributed by atoms with E-state index in [9.17, 15) is 29.2 Å². The van der Waals surface area contributed by atoms with Crippen molar-refractivity contribution in [1.29, 1.82) is 5.26 Å². The maximum absolute atomic E-state index is 15.0. The minimum atomic E-state index is -2.70. The second-order valence-electron chi connectivity index (χ2n) is 12.4. The Hall–Kier alpha value is -7.02. The van der Waals surface area contributed by atoms with Crippen LogP contribution in [0.3, 0.4) is 0 Å². The molecule has 0 saturated carbocycles. The van der Waals surface area contributed by atoms with E-state index in [0.717, 1.165) is 6.33 Å². The molecule has 278 valence electrons. The molecule has 1 saturated heterocycles. The van der Waals surface area contributed by atoms with E-state index >= 15 is 0 Å². The molecule has 1 unspecified atom stereocenters. The first kappa shape index (κ1) is 37.3. The van der Waals surface area contributed by atoms with Crippen LogP contribution >= 0.6 is 15.9 Å². The van der Waals surface area contributed by atoms with E-state index in [1.165, 1.54) is 65.2 Å². The fourth-order valence-corrected chi connectivity index (χ4v) is 7.00. The van der Waals surface area contributed by atoms with Gasteiger partial charge in [0.15, 0.2) is 18.4 Å². The maximum Gasteiger partial charge on any atom is 0.338 e. The van der Waals surface area contributed by atoms with Gasteiger partial charge < -0.3 is 24.7 Å². The SMILES string of the molecule is N#Cc1c(Br)n(C2O[C@@](COC(=O)c3ccccc3)(C(=O)C(=O)c3ccccc3)[C@@H](OC(=O)c3ccccc3)[C@H]2OC(=O)c2ccccc2)c2ncnc(N)c12. The minimum Gasteiger partial charge on any atom is -0.458 e. The molecule has 2 N–H and O–H groups in total. The van der Waals surface area contributed by atoms with Crippen LogP contribution in [0.1, 0.15) is 53.2 Å². The third-order valence-electron chi connectivity index (χ3n) is 9.04. The van der Waals surface area contributed by atoms with Crippen molar-refractivity contribution in [3.05, 3.63) is 160 Å². The molecule has 0 bridgehead atoms. The lowest BCUT2D eigenvalue weighted by atomic mass is 9.86. The summed E-state index contributed by atoms with van der Waals surface area (Å²) in [5, 5.41) is 10.3.